The molecule has 1 aromatic carbocycles. The Morgan fingerprint density at radius 2 is 2.00 bits per heavy atom. The second-order valence-electron chi connectivity index (χ2n) is 5.96. The minimum absolute atomic E-state index is 0. The number of hydrogen-bond acceptors (Lipinski definition) is 2. The number of nitrogens with zero attached hydrogens (tertiary/aromatic N) is 2. The van der Waals surface area contributed by atoms with Crippen molar-refractivity contribution in [2.75, 3.05) is 33.4 Å². The zero-order valence-corrected chi connectivity index (χ0v) is 15.8. The van der Waals surface area contributed by atoms with Crippen LogP contribution in [0.2, 0.25) is 0 Å². The smallest absolute Gasteiger partial charge is 0.193 e. The van der Waals surface area contributed by atoms with Gasteiger partial charge in [-0.05, 0) is 24.6 Å². The lowest BCUT2D eigenvalue weighted by molar-refractivity contribution is -0.0946. The molecule has 6 heteroatoms. The average molecular weight is 421 g/mol. The van der Waals surface area contributed by atoms with E-state index in [-0.39, 0.29) is 35.2 Å². The minimum atomic E-state index is -0.208. The van der Waals surface area contributed by atoms with Crippen LogP contribution < -0.4 is 5.32 Å². The van der Waals surface area contributed by atoms with Crippen molar-refractivity contribution in [3.8, 4) is 0 Å². The maximum absolute atomic E-state index is 12.9. The molecule has 1 N–H and O–H groups in total. The summed E-state index contributed by atoms with van der Waals surface area (Å²) in [5.41, 5.74) is 1.22. The number of aliphatic imine (C=N–C) groups is 1. The van der Waals surface area contributed by atoms with Gasteiger partial charge in [-0.25, -0.2) is 4.39 Å². The molecule has 0 radical (unpaired) electrons. The first-order valence-corrected chi connectivity index (χ1v) is 7.34. The SMILES string of the molecule is CCNC(=NCC1(C)COC1)N(C)Cc1ccc(F)cc1.I. The van der Waals surface area contributed by atoms with E-state index in [2.05, 4.69) is 24.1 Å². The molecule has 0 aliphatic carbocycles. The van der Waals surface area contributed by atoms with E-state index < -0.39 is 0 Å². The number of hydrogen-bond donors (Lipinski definition) is 1. The minimum Gasteiger partial charge on any atom is -0.380 e. The number of benzene rings is 1. The molecule has 1 fully saturated rings. The van der Waals surface area contributed by atoms with Crippen LogP contribution in [0.15, 0.2) is 29.3 Å². The van der Waals surface area contributed by atoms with Gasteiger partial charge in [-0.3, -0.25) is 4.99 Å². The van der Waals surface area contributed by atoms with Crippen LogP contribution >= 0.6 is 24.0 Å². The third-order valence-corrected chi connectivity index (χ3v) is 3.54. The van der Waals surface area contributed by atoms with Gasteiger partial charge < -0.3 is 15.0 Å². The van der Waals surface area contributed by atoms with Crippen molar-refractivity contribution in [2.24, 2.45) is 10.4 Å². The van der Waals surface area contributed by atoms with E-state index >= 15 is 0 Å². The highest BCUT2D eigenvalue weighted by Gasteiger charge is 2.33. The Balaban J connectivity index is 0.00000242. The van der Waals surface area contributed by atoms with Crippen molar-refractivity contribution in [2.45, 2.75) is 20.4 Å². The second-order valence-corrected chi connectivity index (χ2v) is 5.96. The van der Waals surface area contributed by atoms with E-state index in [0.29, 0.717) is 6.54 Å². The number of guanidine groups is 1. The summed E-state index contributed by atoms with van der Waals surface area (Å²) in [6, 6.07) is 6.58. The molecular weight excluding hydrogens is 396 g/mol. The molecular formula is C16H25FIN3O. The number of ether oxygens (including phenoxy) is 1. The molecule has 1 saturated heterocycles. The maximum Gasteiger partial charge on any atom is 0.193 e. The first-order valence-electron chi connectivity index (χ1n) is 7.34. The van der Waals surface area contributed by atoms with Crippen LogP contribution in [0.4, 0.5) is 4.39 Å². The van der Waals surface area contributed by atoms with Crippen molar-refractivity contribution in [3.05, 3.63) is 35.6 Å². The Morgan fingerprint density at radius 1 is 1.36 bits per heavy atom. The highest BCUT2D eigenvalue weighted by molar-refractivity contribution is 14.0. The van der Waals surface area contributed by atoms with E-state index in [1.165, 1.54) is 12.1 Å². The molecule has 1 aromatic rings. The van der Waals surface area contributed by atoms with E-state index in [1.807, 2.05) is 7.05 Å². The zero-order chi connectivity index (χ0) is 15.3. The Kier molecular flexibility index (Phi) is 7.55. The summed E-state index contributed by atoms with van der Waals surface area (Å²) in [5.74, 6) is 0.662. The third-order valence-electron chi connectivity index (χ3n) is 3.54. The van der Waals surface area contributed by atoms with Gasteiger partial charge in [0, 0.05) is 25.6 Å². The summed E-state index contributed by atoms with van der Waals surface area (Å²) >= 11 is 0. The third kappa shape index (κ3) is 5.39. The van der Waals surface area contributed by atoms with E-state index in [1.54, 1.807) is 12.1 Å². The van der Waals surface area contributed by atoms with Gasteiger partial charge in [0.25, 0.3) is 0 Å². The number of rotatable bonds is 5. The van der Waals surface area contributed by atoms with Gasteiger partial charge in [0.1, 0.15) is 5.82 Å². The molecule has 124 valence electrons. The molecule has 0 spiro atoms. The van der Waals surface area contributed by atoms with E-state index in [0.717, 1.165) is 37.8 Å². The molecule has 0 aromatic heterocycles. The Morgan fingerprint density at radius 3 is 2.50 bits per heavy atom. The molecule has 0 atom stereocenters. The average Bonchev–Trinajstić information content (AvgIpc) is 2.43. The van der Waals surface area contributed by atoms with Gasteiger partial charge >= 0.3 is 0 Å². The normalized spacial score (nSPS) is 16.5. The summed E-state index contributed by atoms with van der Waals surface area (Å²) in [5, 5.41) is 3.30. The molecule has 22 heavy (non-hydrogen) atoms. The Labute approximate surface area is 149 Å². The maximum atomic E-state index is 12.9. The molecule has 0 bridgehead atoms. The first kappa shape index (κ1) is 19.2. The van der Waals surface area contributed by atoms with Crippen LogP contribution in [0.3, 0.4) is 0 Å². The first-order chi connectivity index (χ1) is 10.0. The van der Waals surface area contributed by atoms with Gasteiger partial charge in [-0.1, -0.05) is 19.1 Å². The molecule has 0 amide bonds. The lowest BCUT2D eigenvalue weighted by atomic mass is 9.89. The summed E-state index contributed by atoms with van der Waals surface area (Å²) in [6.45, 7) is 8.05. The van der Waals surface area contributed by atoms with Gasteiger partial charge in [-0.2, -0.15) is 0 Å². The quantitative estimate of drug-likeness (QED) is 0.452. The molecule has 0 saturated carbocycles. The van der Waals surface area contributed by atoms with Crippen molar-refractivity contribution >= 4 is 29.9 Å². The largest absolute Gasteiger partial charge is 0.380 e. The summed E-state index contributed by atoms with van der Waals surface area (Å²) < 4.78 is 18.2. The van der Waals surface area contributed by atoms with Gasteiger partial charge in [0.15, 0.2) is 5.96 Å². The second kappa shape index (κ2) is 8.67. The van der Waals surface area contributed by atoms with E-state index in [9.17, 15) is 4.39 Å². The van der Waals surface area contributed by atoms with Gasteiger partial charge in [-0.15, -0.1) is 24.0 Å². The molecule has 4 nitrogen and oxygen atoms in total. The van der Waals surface area contributed by atoms with Gasteiger partial charge in [0.05, 0.1) is 19.8 Å². The fourth-order valence-corrected chi connectivity index (χ4v) is 2.22. The van der Waals surface area contributed by atoms with Crippen LogP contribution in [-0.4, -0.2) is 44.2 Å². The predicted molar refractivity (Wildman–Crippen MR) is 98.2 cm³/mol. The lowest BCUT2D eigenvalue weighted by Crippen LogP contribution is -2.44. The summed E-state index contributed by atoms with van der Waals surface area (Å²) in [6.07, 6.45) is 0. The highest BCUT2D eigenvalue weighted by atomic mass is 127. The van der Waals surface area contributed by atoms with Crippen molar-refractivity contribution in [1.82, 2.24) is 10.2 Å². The Hall–Kier alpha value is -0.890. The van der Waals surface area contributed by atoms with Crippen LogP contribution in [0.5, 0.6) is 0 Å². The van der Waals surface area contributed by atoms with Crippen LogP contribution in [0, 0.1) is 11.2 Å². The topological polar surface area (TPSA) is 36.9 Å². The van der Waals surface area contributed by atoms with Crippen molar-refractivity contribution in [1.29, 1.82) is 0 Å². The Bertz CT molecular complexity index is 489. The monoisotopic (exact) mass is 421 g/mol. The summed E-state index contributed by atoms with van der Waals surface area (Å²) in [4.78, 5) is 6.75. The molecule has 1 aliphatic heterocycles. The van der Waals surface area contributed by atoms with E-state index in [4.69, 9.17) is 9.73 Å². The zero-order valence-electron chi connectivity index (χ0n) is 13.4. The standard InChI is InChI=1S/C16H24FN3O.HI/c1-4-18-15(19-10-16(2)11-21-12-16)20(3)9-13-5-7-14(17)8-6-13;/h5-8H,4,9-12H2,1-3H3,(H,18,19);1H. The molecule has 2 rings (SSSR count). The highest BCUT2D eigenvalue weighted by Crippen LogP contribution is 2.26. The summed E-state index contributed by atoms with van der Waals surface area (Å²) in [7, 11) is 1.99. The van der Waals surface area contributed by atoms with Crippen molar-refractivity contribution in [3.63, 3.8) is 0 Å². The molecule has 0 unspecified atom stereocenters. The fourth-order valence-electron chi connectivity index (χ4n) is 2.22. The van der Waals surface area contributed by atoms with Gasteiger partial charge in [0.2, 0.25) is 0 Å². The number of nitrogens with one attached hydrogen (secondary N) is 1. The lowest BCUT2D eigenvalue weighted by Gasteiger charge is -2.37. The molecule has 1 heterocycles. The fraction of sp³-hybridized carbons (Fsp3) is 0.562. The van der Waals surface area contributed by atoms with Crippen molar-refractivity contribution < 1.29 is 9.13 Å². The molecule has 1 aliphatic rings. The van der Waals surface area contributed by atoms with Crippen LogP contribution in [-0.2, 0) is 11.3 Å². The number of halogens is 2. The predicted octanol–water partition coefficient (Wildman–Crippen LogP) is 2.88. The van der Waals surface area contributed by atoms with Crippen LogP contribution in [0.25, 0.3) is 0 Å². The van der Waals surface area contributed by atoms with Crippen LogP contribution in [0.1, 0.15) is 19.4 Å².